The van der Waals surface area contributed by atoms with Crippen LogP contribution in [0.2, 0.25) is 5.02 Å². The Hall–Kier alpha value is -2.75. The van der Waals surface area contributed by atoms with Crippen molar-refractivity contribution in [3.8, 4) is 11.4 Å². The van der Waals surface area contributed by atoms with E-state index in [1.54, 1.807) is 36.4 Å². The number of nitrogens with one attached hydrogen (secondary N) is 2. The summed E-state index contributed by atoms with van der Waals surface area (Å²) in [5, 5.41) is 7.17. The van der Waals surface area contributed by atoms with Crippen LogP contribution in [0.1, 0.15) is 18.4 Å². The summed E-state index contributed by atoms with van der Waals surface area (Å²) >= 11 is 5.86. The highest BCUT2D eigenvalue weighted by Crippen LogP contribution is 2.18. The van der Waals surface area contributed by atoms with Crippen LogP contribution >= 0.6 is 11.6 Å². The van der Waals surface area contributed by atoms with Gasteiger partial charge in [0.1, 0.15) is 0 Å². The Morgan fingerprint density at radius 3 is 2.47 bits per heavy atom. The molecular weight excluding hydrogens is 428 g/mol. The second kappa shape index (κ2) is 9.38. The van der Waals surface area contributed by atoms with E-state index in [0.717, 1.165) is 11.1 Å². The summed E-state index contributed by atoms with van der Waals surface area (Å²) in [6.07, 6.45) is 0.309. The zero-order valence-electron chi connectivity index (χ0n) is 16.4. The topological polar surface area (TPSA) is 114 Å². The van der Waals surface area contributed by atoms with E-state index in [2.05, 4.69) is 20.2 Å². The van der Waals surface area contributed by atoms with Gasteiger partial charge in [0.2, 0.25) is 27.6 Å². The van der Waals surface area contributed by atoms with Crippen molar-refractivity contribution in [2.75, 3.05) is 6.54 Å². The normalized spacial score (nSPS) is 12.5. The largest absolute Gasteiger partial charge is 0.354 e. The minimum Gasteiger partial charge on any atom is -0.354 e. The van der Waals surface area contributed by atoms with Gasteiger partial charge in [-0.05, 0) is 50.2 Å². The predicted octanol–water partition coefficient (Wildman–Crippen LogP) is 2.72. The first-order valence-corrected chi connectivity index (χ1v) is 11.1. The molecule has 0 spiro atoms. The number of hydrogen-bond donors (Lipinski definition) is 2. The van der Waals surface area contributed by atoms with Gasteiger partial charge in [0.25, 0.3) is 0 Å². The van der Waals surface area contributed by atoms with Gasteiger partial charge in [-0.2, -0.15) is 9.71 Å². The Bertz CT molecular complexity index is 1110. The fraction of sp³-hybridized carbons (Fsp3) is 0.250. The zero-order chi connectivity index (χ0) is 21.7. The lowest BCUT2D eigenvalue weighted by Gasteiger charge is -2.14. The first-order chi connectivity index (χ1) is 14.2. The molecule has 158 valence electrons. The standard InChI is InChI=1S/C20H21ClN4O4S/c1-13-3-9-17(10-4-13)30(27,28)25-14(2)20(26)22-12-11-18-23-19(24-29-18)15-5-7-16(21)8-6-15/h3-10,14,25H,11-12H2,1-2H3,(H,22,26)/t14-/m0/s1. The van der Waals surface area contributed by atoms with Crippen molar-refractivity contribution in [3.63, 3.8) is 0 Å². The van der Waals surface area contributed by atoms with Gasteiger partial charge >= 0.3 is 0 Å². The van der Waals surface area contributed by atoms with Crippen molar-refractivity contribution in [2.24, 2.45) is 0 Å². The van der Waals surface area contributed by atoms with E-state index in [1.807, 2.05) is 6.92 Å². The maximum atomic E-state index is 12.4. The fourth-order valence-electron chi connectivity index (χ4n) is 2.59. The van der Waals surface area contributed by atoms with Gasteiger partial charge in [-0.3, -0.25) is 4.79 Å². The van der Waals surface area contributed by atoms with E-state index < -0.39 is 22.0 Å². The van der Waals surface area contributed by atoms with Crippen molar-refractivity contribution >= 4 is 27.5 Å². The van der Waals surface area contributed by atoms with Crippen LogP contribution in [0, 0.1) is 6.92 Å². The quantitative estimate of drug-likeness (QED) is 0.547. The number of halogens is 1. The average molecular weight is 449 g/mol. The van der Waals surface area contributed by atoms with Crippen molar-refractivity contribution < 1.29 is 17.7 Å². The second-order valence-electron chi connectivity index (χ2n) is 6.72. The summed E-state index contributed by atoms with van der Waals surface area (Å²) in [5.41, 5.74) is 1.71. The van der Waals surface area contributed by atoms with Crippen LogP contribution in [0.15, 0.2) is 57.9 Å². The van der Waals surface area contributed by atoms with Crippen LogP contribution in [0.3, 0.4) is 0 Å². The van der Waals surface area contributed by atoms with Crippen molar-refractivity contribution in [2.45, 2.75) is 31.2 Å². The molecule has 3 rings (SSSR count). The van der Waals surface area contributed by atoms with E-state index in [1.165, 1.54) is 19.1 Å². The molecule has 0 fully saturated rings. The highest BCUT2D eigenvalue weighted by atomic mass is 35.5. The highest BCUT2D eigenvalue weighted by Gasteiger charge is 2.22. The Labute approximate surface area is 179 Å². The number of amides is 1. The lowest BCUT2D eigenvalue weighted by atomic mass is 10.2. The first kappa shape index (κ1) is 21.9. The third-order valence-electron chi connectivity index (χ3n) is 4.27. The van der Waals surface area contributed by atoms with Gasteiger partial charge in [0, 0.05) is 23.6 Å². The molecule has 3 aromatic rings. The first-order valence-electron chi connectivity index (χ1n) is 9.20. The average Bonchev–Trinajstić information content (AvgIpc) is 3.17. The van der Waals surface area contributed by atoms with Crippen LogP contribution in [0.4, 0.5) is 0 Å². The van der Waals surface area contributed by atoms with Crippen LogP contribution < -0.4 is 10.0 Å². The molecule has 1 amide bonds. The Kier molecular flexibility index (Phi) is 6.86. The molecule has 1 aromatic heterocycles. The molecule has 2 aromatic carbocycles. The monoisotopic (exact) mass is 448 g/mol. The molecule has 2 N–H and O–H groups in total. The number of nitrogens with zero attached hydrogens (tertiary/aromatic N) is 2. The summed E-state index contributed by atoms with van der Waals surface area (Å²) in [6, 6.07) is 12.5. The van der Waals surface area contributed by atoms with Crippen LogP contribution in [0.5, 0.6) is 0 Å². The minimum atomic E-state index is -3.79. The molecular formula is C20H21ClN4O4S. The maximum Gasteiger partial charge on any atom is 0.241 e. The molecule has 0 bridgehead atoms. The van der Waals surface area contributed by atoms with Gasteiger partial charge in [-0.25, -0.2) is 8.42 Å². The fourth-order valence-corrected chi connectivity index (χ4v) is 3.92. The Morgan fingerprint density at radius 1 is 1.13 bits per heavy atom. The van der Waals surface area contributed by atoms with Gasteiger partial charge < -0.3 is 9.84 Å². The lowest BCUT2D eigenvalue weighted by molar-refractivity contribution is -0.122. The third kappa shape index (κ3) is 5.65. The van der Waals surface area contributed by atoms with Crippen LogP contribution in [-0.4, -0.2) is 37.1 Å². The molecule has 0 saturated carbocycles. The highest BCUT2D eigenvalue weighted by molar-refractivity contribution is 7.89. The van der Waals surface area contributed by atoms with Gasteiger partial charge in [-0.1, -0.05) is 34.5 Å². The van der Waals surface area contributed by atoms with Crippen LogP contribution in [-0.2, 0) is 21.2 Å². The van der Waals surface area contributed by atoms with Crippen LogP contribution in [0.25, 0.3) is 11.4 Å². The Balaban J connectivity index is 1.50. The summed E-state index contributed by atoms with van der Waals surface area (Å²) < 4.78 is 32.3. The molecule has 10 heteroatoms. The molecule has 0 aliphatic carbocycles. The van der Waals surface area contributed by atoms with E-state index in [-0.39, 0.29) is 11.4 Å². The van der Waals surface area contributed by atoms with Gasteiger partial charge in [0.05, 0.1) is 10.9 Å². The number of benzene rings is 2. The second-order valence-corrected chi connectivity index (χ2v) is 8.87. The summed E-state index contributed by atoms with van der Waals surface area (Å²) in [4.78, 5) is 16.6. The van der Waals surface area contributed by atoms with Gasteiger partial charge in [0.15, 0.2) is 0 Å². The summed E-state index contributed by atoms with van der Waals surface area (Å²) in [6.45, 7) is 3.56. The third-order valence-corrected chi connectivity index (χ3v) is 6.07. The van der Waals surface area contributed by atoms with Crippen molar-refractivity contribution in [1.29, 1.82) is 0 Å². The molecule has 0 aliphatic heterocycles. The summed E-state index contributed by atoms with van der Waals surface area (Å²) in [5.74, 6) is 0.323. The molecule has 0 saturated heterocycles. The number of sulfonamides is 1. The lowest BCUT2D eigenvalue weighted by Crippen LogP contribution is -2.45. The molecule has 0 aliphatic rings. The number of rotatable bonds is 8. The SMILES string of the molecule is Cc1ccc(S(=O)(=O)N[C@@H](C)C(=O)NCCc2nc(-c3ccc(Cl)cc3)no2)cc1. The molecule has 8 nitrogen and oxygen atoms in total. The van der Waals surface area contributed by atoms with E-state index >= 15 is 0 Å². The van der Waals surface area contributed by atoms with Gasteiger partial charge in [-0.15, -0.1) is 0 Å². The van der Waals surface area contributed by atoms with E-state index in [9.17, 15) is 13.2 Å². The smallest absolute Gasteiger partial charge is 0.241 e. The Morgan fingerprint density at radius 2 is 1.80 bits per heavy atom. The molecule has 30 heavy (non-hydrogen) atoms. The minimum absolute atomic E-state index is 0.105. The number of aryl methyl sites for hydroxylation is 1. The van der Waals surface area contributed by atoms with Crippen molar-refractivity contribution in [1.82, 2.24) is 20.2 Å². The zero-order valence-corrected chi connectivity index (χ0v) is 18.0. The number of aromatic nitrogens is 2. The maximum absolute atomic E-state index is 12.4. The number of hydrogen-bond acceptors (Lipinski definition) is 6. The number of carbonyl (C=O) groups excluding carboxylic acids is 1. The van der Waals surface area contributed by atoms with E-state index in [4.69, 9.17) is 16.1 Å². The number of carbonyl (C=O) groups is 1. The van der Waals surface area contributed by atoms with E-state index in [0.29, 0.717) is 23.2 Å². The molecule has 0 unspecified atom stereocenters. The molecule has 1 atom stereocenters. The molecule has 1 heterocycles. The molecule has 0 radical (unpaired) electrons. The predicted molar refractivity (Wildman–Crippen MR) is 112 cm³/mol. The summed E-state index contributed by atoms with van der Waals surface area (Å²) in [7, 11) is -3.79. The van der Waals surface area contributed by atoms with Crippen molar-refractivity contribution in [3.05, 3.63) is 65.0 Å².